The average Bonchev–Trinajstić information content (AvgIpc) is 2.98. The van der Waals surface area contributed by atoms with E-state index in [0.29, 0.717) is 44.4 Å². The van der Waals surface area contributed by atoms with Crippen molar-refractivity contribution in [3.05, 3.63) is 17.5 Å². The number of aliphatic imine (C=N–C) groups is 1. The van der Waals surface area contributed by atoms with E-state index in [1.165, 1.54) is 0 Å². The van der Waals surface area contributed by atoms with Crippen molar-refractivity contribution in [3.8, 4) is 0 Å². The summed E-state index contributed by atoms with van der Waals surface area (Å²) in [5, 5.41) is 10.4. The first-order valence-electron chi connectivity index (χ1n) is 8.20. The molecule has 1 heterocycles. The van der Waals surface area contributed by atoms with Gasteiger partial charge in [0, 0.05) is 25.6 Å². The van der Waals surface area contributed by atoms with Crippen molar-refractivity contribution in [3.63, 3.8) is 0 Å². The maximum Gasteiger partial charge on any atom is 0.305 e. The number of nitrogens with zero attached hydrogens (tertiary/aromatic N) is 2. The molecule has 0 amide bonds. The van der Waals surface area contributed by atoms with E-state index in [0.717, 1.165) is 18.0 Å². The third kappa shape index (κ3) is 9.09. The summed E-state index contributed by atoms with van der Waals surface area (Å²) in [5.41, 5.74) is 0.933. The van der Waals surface area contributed by atoms with Crippen LogP contribution < -0.4 is 10.6 Å². The lowest BCUT2D eigenvalue weighted by molar-refractivity contribution is -0.143. The van der Waals surface area contributed by atoms with E-state index < -0.39 is 0 Å². The second kappa shape index (κ2) is 13.0. The number of carbonyl (C=O) groups excluding carboxylic acids is 1. The zero-order valence-corrected chi connectivity index (χ0v) is 17.3. The van der Waals surface area contributed by atoms with Gasteiger partial charge in [-0.15, -0.1) is 24.0 Å². The topological polar surface area (TPSA) is 88.8 Å². The van der Waals surface area contributed by atoms with Gasteiger partial charge in [-0.1, -0.05) is 19.0 Å². The van der Waals surface area contributed by atoms with Crippen molar-refractivity contribution in [2.24, 2.45) is 4.99 Å². The smallest absolute Gasteiger partial charge is 0.305 e. The average molecular weight is 452 g/mol. The molecule has 0 aromatic carbocycles. The molecule has 0 aliphatic carbocycles. The molecule has 0 spiro atoms. The molecule has 1 aromatic heterocycles. The molecule has 24 heavy (non-hydrogen) atoms. The third-order valence-corrected chi connectivity index (χ3v) is 3.06. The van der Waals surface area contributed by atoms with Crippen LogP contribution in [0.5, 0.6) is 0 Å². The zero-order chi connectivity index (χ0) is 17.1. The van der Waals surface area contributed by atoms with Crippen molar-refractivity contribution >= 4 is 35.9 Å². The van der Waals surface area contributed by atoms with Crippen molar-refractivity contribution in [1.82, 2.24) is 15.8 Å². The van der Waals surface area contributed by atoms with E-state index in [1.54, 1.807) is 6.92 Å². The van der Waals surface area contributed by atoms with Crippen LogP contribution in [0.15, 0.2) is 15.6 Å². The minimum absolute atomic E-state index is 0. The number of nitrogens with one attached hydrogen (secondary N) is 2. The number of ether oxygens (including phenoxy) is 1. The molecule has 0 saturated carbocycles. The predicted molar refractivity (Wildman–Crippen MR) is 105 cm³/mol. The monoisotopic (exact) mass is 452 g/mol. The van der Waals surface area contributed by atoms with Crippen LogP contribution in [0.4, 0.5) is 0 Å². The first-order valence-corrected chi connectivity index (χ1v) is 8.20. The molecular formula is C16H29IN4O3. The van der Waals surface area contributed by atoms with Crippen molar-refractivity contribution in [1.29, 1.82) is 0 Å². The molecule has 1 aromatic rings. The highest BCUT2D eigenvalue weighted by molar-refractivity contribution is 14.0. The van der Waals surface area contributed by atoms with Crippen LogP contribution in [0, 0.1) is 0 Å². The highest BCUT2D eigenvalue weighted by atomic mass is 127. The second-order valence-corrected chi connectivity index (χ2v) is 5.40. The number of carbonyl (C=O) groups is 1. The molecule has 1 rings (SSSR count). The third-order valence-electron chi connectivity index (χ3n) is 3.06. The Kier molecular flexibility index (Phi) is 12.3. The van der Waals surface area contributed by atoms with Gasteiger partial charge in [0.1, 0.15) is 6.54 Å². The number of guanidine groups is 1. The molecule has 0 bridgehead atoms. The van der Waals surface area contributed by atoms with Gasteiger partial charge in [-0.05, 0) is 26.2 Å². The van der Waals surface area contributed by atoms with Gasteiger partial charge in [0.25, 0.3) is 0 Å². The highest BCUT2D eigenvalue weighted by Gasteiger charge is 2.07. The van der Waals surface area contributed by atoms with Crippen LogP contribution in [0.2, 0.25) is 0 Å². The molecule has 0 fully saturated rings. The zero-order valence-electron chi connectivity index (χ0n) is 14.9. The summed E-state index contributed by atoms with van der Waals surface area (Å²) in [5.74, 6) is 1.60. The molecule has 0 saturated heterocycles. The molecule has 0 unspecified atom stereocenters. The van der Waals surface area contributed by atoms with Gasteiger partial charge in [0.2, 0.25) is 0 Å². The SMILES string of the molecule is CCNC(=NCc1cc(C(C)C)no1)NCCCC(=O)OCC.I. The summed E-state index contributed by atoms with van der Waals surface area (Å²) in [6.45, 7) is 10.2. The minimum Gasteiger partial charge on any atom is -0.466 e. The summed E-state index contributed by atoms with van der Waals surface area (Å²) < 4.78 is 10.2. The molecule has 0 aliphatic rings. The Labute approximate surface area is 161 Å². The lowest BCUT2D eigenvalue weighted by Crippen LogP contribution is -2.37. The number of rotatable bonds is 9. The Bertz CT molecular complexity index is 503. The fourth-order valence-electron chi connectivity index (χ4n) is 1.85. The van der Waals surface area contributed by atoms with Gasteiger partial charge in [-0.2, -0.15) is 0 Å². The van der Waals surface area contributed by atoms with Crippen LogP contribution in [-0.4, -0.2) is 36.8 Å². The Morgan fingerprint density at radius 1 is 1.38 bits per heavy atom. The Morgan fingerprint density at radius 3 is 2.71 bits per heavy atom. The fraction of sp³-hybridized carbons (Fsp3) is 0.688. The van der Waals surface area contributed by atoms with Gasteiger partial charge in [0.15, 0.2) is 11.7 Å². The van der Waals surface area contributed by atoms with E-state index in [-0.39, 0.29) is 29.9 Å². The number of hydrogen-bond acceptors (Lipinski definition) is 5. The van der Waals surface area contributed by atoms with Crippen LogP contribution >= 0.6 is 24.0 Å². The van der Waals surface area contributed by atoms with Crippen molar-refractivity contribution < 1.29 is 14.1 Å². The Balaban J connectivity index is 0.00000529. The highest BCUT2D eigenvalue weighted by Crippen LogP contribution is 2.14. The summed E-state index contributed by atoms with van der Waals surface area (Å²) in [6, 6.07) is 1.93. The van der Waals surface area contributed by atoms with E-state index in [2.05, 4.69) is 34.6 Å². The van der Waals surface area contributed by atoms with Crippen molar-refractivity contribution in [2.75, 3.05) is 19.7 Å². The molecule has 7 nitrogen and oxygen atoms in total. The summed E-state index contributed by atoms with van der Waals surface area (Å²) in [6.07, 6.45) is 1.10. The lowest BCUT2D eigenvalue weighted by Gasteiger charge is -2.10. The van der Waals surface area contributed by atoms with Crippen LogP contribution in [-0.2, 0) is 16.1 Å². The molecule has 8 heteroatoms. The summed E-state index contributed by atoms with van der Waals surface area (Å²) in [7, 11) is 0. The van der Waals surface area contributed by atoms with E-state index in [1.807, 2.05) is 13.0 Å². The first kappa shape index (κ1) is 22.7. The molecular weight excluding hydrogens is 423 g/mol. The maximum atomic E-state index is 11.3. The van der Waals surface area contributed by atoms with Gasteiger partial charge in [0.05, 0.1) is 12.3 Å². The standard InChI is InChI=1S/C16H28N4O3.HI/c1-5-17-16(18-9-7-8-15(21)22-6-2)19-11-13-10-14(12(3)4)20-23-13;/h10,12H,5-9,11H2,1-4H3,(H2,17,18,19);1H. The number of esters is 1. The summed E-state index contributed by atoms with van der Waals surface area (Å²) >= 11 is 0. The quantitative estimate of drug-likeness (QED) is 0.197. The normalized spacial score (nSPS) is 11.1. The first-order chi connectivity index (χ1) is 11.1. The van der Waals surface area contributed by atoms with E-state index >= 15 is 0 Å². The number of aromatic nitrogens is 1. The Hall–Kier alpha value is -1.32. The van der Waals surface area contributed by atoms with Crippen LogP contribution in [0.1, 0.15) is 57.9 Å². The molecule has 0 radical (unpaired) electrons. The van der Waals surface area contributed by atoms with Gasteiger partial charge in [-0.3, -0.25) is 4.79 Å². The molecule has 138 valence electrons. The van der Waals surface area contributed by atoms with Gasteiger partial charge < -0.3 is 19.9 Å². The minimum atomic E-state index is -0.167. The lowest BCUT2D eigenvalue weighted by atomic mass is 10.1. The largest absolute Gasteiger partial charge is 0.466 e. The van der Waals surface area contributed by atoms with Crippen LogP contribution in [0.3, 0.4) is 0 Å². The van der Waals surface area contributed by atoms with Crippen LogP contribution in [0.25, 0.3) is 0 Å². The number of hydrogen-bond donors (Lipinski definition) is 2. The van der Waals surface area contributed by atoms with Gasteiger partial charge >= 0.3 is 5.97 Å². The van der Waals surface area contributed by atoms with Crippen molar-refractivity contribution in [2.45, 2.75) is 53.0 Å². The van der Waals surface area contributed by atoms with E-state index in [9.17, 15) is 4.79 Å². The fourth-order valence-corrected chi connectivity index (χ4v) is 1.85. The second-order valence-electron chi connectivity index (χ2n) is 5.40. The molecule has 0 atom stereocenters. The molecule has 0 aliphatic heterocycles. The molecule has 2 N–H and O–H groups in total. The van der Waals surface area contributed by atoms with Gasteiger partial charge in [-0.25, -0.2) is 4.99 Å². The van der Waals surface area contributed by atoms with E-state index in [4.69, 9.17) is 9.26 Å². The Morgan fingerprint density at radius 2 is 2.12 bits per heavy atom. The number of halogens is 1. The summed E-state index contributed by atoms with van der Waals surface area (Å²) in [4.78, 5) is 15.7. The maximum absolute atomic E-state index is 11.3. The predicted octanol–water partition coefficient (Wildman–Crippen LogP) is 2.81.